The van der Waals surface area contributed by atoms with Crippen LogP contribution in [0.3, 0.4) is 0 Å². The number of anilines is 1. The second kappa shape index (κ2) is 5.85. The molecule has 0 bridgehead atoms. The maximum Gasteiger partial charge on any atom is 0.255 e. The highest BCUT2D eigenvalue weighted by Crippen LogP contribution is 2.28. The zero-order chi connectivity index (χ0) is 14.7. The fourth-order valence-corrected chi connectivity index (χ4v) is 2.18. The third-order valence-electron chi connectivity index (χ3n) is 3.02. The molecule has 0 aliphatic carbocycles. The maximum absolute atomic E-state index is 12.3. The monoisotopic (exact) mass is 297 g/mol. The minimum absolute atomic E-state index is 0.200. The number of hydrogen-bond donors (Lipinski definition) is 1. The quantitative estimate of drug-likeness (QED) is 0.899. The number of benzene rings is 2. The predicted molar refractivity (Wildman–Crippen MR) is 84.3 cm³/mol. The van der Waals surface area contributed by atoms with E-state index < -0.39 is 0 Å². The predicted octanol–water partition coefficient (Wildman–Crippen LogP) is 4.27. The summed E-state index contributed by atoms with van der Waals surface area (Å²) in [6, 6.07) is 14.6. The van der Waals surface area contributed by atoms with Gasteiger partial charge in [0.1, 0.15) is 5.75 Å². The molecule has 3 nitrogen and oxygen atoms in total. The van der Waals surface area contributed by atoms with Crippen molar-refractivity contribution < 1.29 is 9.53 Å². The van der Waals surface area contributed by atoms with Gasteiger partial charge in [0.05, 0.1) is 6.26 Å². The average molecular weight is 298 g/mol. The highest BCUT2D eigenvalue weighted by Gasteiger charge is 2.12. The molecular weight excluding hydrogens is 286 g/mol. The molecule has 104 valence electrons. The van der Waals surface area contributed by atoms with Crippen LogP contribution in [0, 0.1) is 0 Å². The molecule has 0 unspecified atom stereocenters. The molecule has 0 spiro atoms. The molecule has 0 atom stereocenters. The molecule has 0 radical (unpaired) electrons. The second-order valence-electron chi connectivity index (χ2n) is 4.52. The molecule has 4 heteroatoms. The van der Waals surface area contributed by atoms with Gasteiger partial charge in [-0.1, -0.05) is 29.8 Å². The second-order valence-corrected chi connectivity index (χ2v) is 4.96. The minimum atomic E-state index is -0.200. The Labute approximate surface area is 127 Å². The Bertz CT molecular complexity index is 736. The molecule has 2 aromatic carbocycles. The van der Waals surface area contributed by atoms with E-state index in [0.717, 1.165) is 11.3 Å². The number of rotatable bonds is 2. The molecule has 1 aliphatic heterocycles. The van der Waals surface area contributed by atoms with Gasteiger partial charge in [-0.15, -0.1) is 0 Å². The lowest BCUT2D eigenvalue weighted by atomic mass is 10.1. The zero-order valence-corrected chi connectivity index (χ0v) is 11.8. The lowest BCUT2D eigenvalue weighted by Crippen LogP contribution is -2.12. The SMILES string of the molecule is O=C(Nc1ccccc1)C1=Cc2cc(Cl)ccc2OC=C1. The maximum atomic E-state index is 12.3. The van der Waals surface area contributed by atoms with Crippen LogP contribution in [-0.4, -0.2) is 5.91 Å². The van der Waals surface area contributed by atoms with Gasteiger partial charge in [0, 0.05) is 21.8 Å². The molecule has 1 N–H and O–H groups in total. The van der Waals surface area contributed by atoms with Crippen molar-refractivity contribution in [2.75, 3.05) is 5.32 Å². The van der Waals surface area contributed by atoms with Crippen LogP contribution < -0.4 is 10.1 Å². The number of carbonyl (C=O) groups is 1. The number of carbonyl (C=O) groups excluding carboxylic acids is 1. The van der Waals surface area contributed by atoms with Crippen LogP contribution in [0.2, 0.25) is 5.02 Å². The Morgan fingerprint density at radius 1 is 1.10 bits per heavy atom. The van der Waals surface area contributed by atoms with Crippen molar-refractivity contribution >= 4 is 29.3 Å². The first-order valence-electron chi connectivity index (χ1n) is 6.43. The normalized spacial score (nSPS) is 12.7. The number of nitrogens with one attached hydrogen (secondary N) is 1. The van der Waals surface area contributed by atoms with E-state index in [2.05, 4.69) is 5.32 Å². The van der Waals surface area contributed by atoms with E-state index in [-0.39, 0.29) is 5.91 Å². The summed E-state index contributed by atoms with van der Waals surface area (Å²) in [5.41, 5.74) is 2.01. The Balaban J connectivity index is 1.89. The van der Waals surface area contributed by atoms with Crippen molar-refractivity contribution in [1.82, 2.24) is 0 Å². The van der Waals surface area contributed by atoms with E-state index in [4.69, 9.17) is 16.3 Å². The van der Waals surface area contributed by atoms with E-state index in [1.807, 2.05) is 30.3 Å². The third kappa shape index (κ3) is 3.15. The van der Waals surface area contributed by atoms with Gasteiger partial charge in [0.25, 0.3) is 5.91 Å². The van der Waals surface area contributed by atoms with E-state index in [9.17, 15) is 4.79 Å². The first-order chi connectivity index (χ1) is 10.2. The van der Waals surface area contributed by atoms with Crippen molar-refractivity contribution in [3.05, 3.63) is 77.0 Å². The Morgan fingerprint density at radius 3 is 2.71 bits per heavy atom. The summed E-state index contributed by atoms with van der Waals surface area (Å²) in [5.74, 6) is 0.465. The number of hydrogen-bond acceptors (Lipinski definition) is 2. The fourth-order valence-electron chi connectivity index (χ4n) is 2.00. The van der Waals surface area contributed by atoms with E-state index in [0.29, 0.717) is 16.3 Å². The lowest BCUT2D eigenvalue weighted by Gasteiger charge is -2.05. The largest absolute Gasteiger partial charge is 0.464 e. The number of halogens is 1. The summed E-state index contributed by atoms with van der Waals surface area (Å²) < 4.78 is 5.46. The number of amides is 1. The van der Waals surface area contributed by atoms with Gasteiger partial charge in [-0.2, -0.15) is 0 Å². The van der Waals surface area contributed by atoms with Gasteiger partial charge >= 0.3 is 0 Å². The van der Waals surface area contributed by atoms with Crippen LogP contribution in [0.25, 0.3) is 6.08 Å². The summed E-state index contributed by atoms with van der Waals surface area (Å²) in [6.07, 6.45) is 4.88. The first kappa shape index (κ1) is 13.5. The van der Waals surface area contributed by atoms with Gasteiger partial charge in [-0.25, -0.2) is 0 Å². The Morgan fingerprint density at radius 2 is 1.90 bits per heavy atom. The number of fused-ring (bicyclic) bond motifs is 1. The topological polar surface area (TPSA) is 38.3 Å². The van der Waals surface area contributed by atoms with E-state index in [1.165, 1.54) is 6.26 Å². The molecule has 0 saturated heterocycles. The highest BCUT2D eigenvalue weighted by molar-refractivity contribution is 6.30. The molecular formula is C17H12ClNO2. The van der Waals surface area contributed by atoms with Crippen molar-refractivity contribution in [1.29, 1.82) is 0 Å². The summed E-state index contributed by atoms with van der Waals surface area (Å²) in [4.78, 5) is 12.3. The van der Waals surface area contributed by atoms with Crippen molar-refractivity contribution in [3.8, 4) is 5.75 Å². The molecule has 2 aromatic rings. The Kier molecular flexibility index (Phi) is 3.75. The van der Waals surface area contributed by atoms with Crippen LogP contribution in [-0.2, 0) is 4.79 Å². The van der Waals surface area contributed by atoms with Crippen molar-refractivity contribution in [2.24, 2.45) is 0 Å². The summed E-state index contributed by atoms with van der Waals surface area (Å²) in [5, 5.41) is 3.43. The minimum Gasteiger partial charge on any atom is -0.464 e. The first-order valence-corrected chi connectivity index (χ1v) is 6.81. The molecule has 1 heterocycles. The van der Waals surface area contributed by atoms with Crippen LogP contribution in [0.15, 0.2) is 66.4 Å². The van der Waals surface area contributed by atoms with Gasteiger partial charge in [0.2, 0.25) is 0 Å². The Hall–Kier alpha value is -2.52. The van der Waals surface area contributed by atoms with Crippen molar-refractivity contribution in [3.63, 3.8) is 0 Å². The number of para-hydroxylation sites is 1. The fraction of sp³-hybridized carbons (Fsp3) is 0. The van der Waals surface area contributed by atoms with E-state index in [1.54, 1.807) is 30.4 Å². The molecule has 0 saturated carbocycles. The molecule has 1 amide bonds. The van der Waals surface area contributed by atoms with Crippen molar-refractivity contribution in [2.45, 2.75) is 0 Å². The lowest BCUT2D eigenvalue weighted by molar-refractivity contribution is -0.112. The van der Waals surface area contributed by atoms with Crippen LogP contribution >= 0.6 is 11.6 Å². The molecule has 1 aliphatic rings. The standard InChI is InChI=1S/C17H12ClNO2/c18-14-6-7-16-13(11-14)10-12(8-9-21-16)17(20)19-15-4-2-1-3-5-15/h1-11H,(H,19,20). The zero-order valence-electron chi connectivity index (χ0n) is 11.0. The number of ether oxygens (including phenoxy) is 1. The van der Waals surface area contributed by atoms with Gasteiger partial charge < -0.3 is 10.1 Å². The van der Waals surface area contributed by atoms with Crippen LogP contribution in [0.4, 0.5) is 5.69 Å². The summed E-state index contributed by atoms with van der Waals surface area (Å²) >= 11 is 5.98. The van der Waals surface area contributed by atoms with Gasteiger partial charge in [0.15, 0.2) is 0 Å². The van der Waals surface area contributed by atoms with E-state index >= 15 is 0 Å². The molecule has 0 fully saturated rings. The molecule has 21 heavy (non-hydrogen) atoms. The van der Waals surface area contributed by atoms with Gasteiger partial charge in [-0.3, -0.25) is 4.79 Å². The average Bonchev–Trinajstić information content (AvgIpc) is 2.70. The van der Waals surface area contributed by atoms with Gasteiger partial charge in [-0.05, 0) is 42.5 Å². The highest BCUT2D eigenvalue weighted by atomic mass is 35.5. The summed E-state index contributed by atoms with van der Waals surface area (Å²) in [7, 11) is 0. The molecule has 3 rings (SSSR count). The smallest absolute Gasteiger partial charge is 0.255 e. The summed E-state index contributed by atoms with van der Waals surface area (Å²) in [6.45, 7) is 0. The third-order valence-corrected chi connectivity index (χ3v) is 3.25. The molecule has 0 aromatic heterocycles. The van der Waals surface area contributed by atoms with Crippen LogP contribution in [0.1, 0.15) is 5.56 Å². The van der Waals surface area contributed by atoms with Crippen LogP contribution in [0.5, 0.6) is 5.75 Å².